The van der Waals surface area contributed by atoms with Crippen LogP contribution < -0.4 is 10.6 Å². The number of benzene rings is 1. The summed E-state index contributed by atoms with van der Waals surface area (Å²) in [5.41, 5.74) is 2.96. The molecular weight excluding hydrogens is 330 g/mol. The lowest BCUT2D eigenvalue weighted by Crippen LogP contribution is -2.17. The molecule has 3 heterocycles. The average molecular weight is 347 g/mol. The van der Waals surface area contributed by atoms with Gasteiger partial charge < -0.3 is 15.1 Å². The molecule has 0 unspecified atom stereocenters. The van der Waals surface area contributed by atoms with Crippen molar-refractivity contribution in [2.24, 2.45) is 0 Å². The van der Waals surface area contributed by atoms with Crippen LogP contribution >= 0.6 is 0 Å². The molecule has 130 valence electrons. The van der Waals surface area contributed by atoms with Crippen molar-refractivity contribution in [1.82, 2.24) is 15.0 Å². The molecule has 2 N–H and O–H groups in total. The second-order valence-electron chi connectivity index (χ2n) is 5.89. The fourth-order valence-corrected chi connectivity index (χ4v) is 2.76. The Morgan fingerprint density at radius 1 is 1.12 bits per heavy atom. The van der Waals surface area contributed by atoms with Crippen molar-refractivity contribution >= 4 is 39.6 Å². The summed E-state index contributed by atoms with van der Waals surface area (Å²) in [7, 11) is 0. The van der Waals surface area contributed by atoms with Crippen molar-refractivity contribution in [3.05, 3.63) is 54.5 Å². The highest BCUT2D eigenvalue weighted by atomic mass is 16.3. The molecule has 0 aliphatic rings. The Hall–Kier alpha value is -3.48. The normalized spacial score (nSPS) is 11.0. The number of furan rings is 1. The Bertz CT molecular complexity index is 1090. The van der Waals surface area contributed by atoms with Gasteiger partial charge in [0.15, 0.2) is 11.4 Å². The fourth-order valence-electron chi connectivity index (χ4n) is 2.76. The van der Waals surface area contributed by atoms with Gasteiger partial charge in [-0.3, -0.25) is 4.79 Å². The first-order chi connectivity index (χ1) is 12.7. The summed E-state index contributed by atoms with van der Waals surface area (Å²) in [4.78, 5) is 24.9. The van der Waals surface area contributed by atoms with Crippen molar-refractivity contribution in [1.29, 1.82) is 0 Å². The van der Waals surface area contributed by atoms with Crippen molar-refractivity contribution in [3.63, 3.8) is 0 Å². The average Bonchev–Trinajstić information content (AvgIpc) is 3.01. The molecule has 7 nitrogen and oxygen atoms in total. The molecule has 4 rings (SSSR count). The summed E-state index contributed by atoms with van der Waals surface area (Å²) >= 11 is 0. The molecular formula is C19H17N5O2. The lowest BCUT2D eigenvalue weighted by Gasteiger charge is -2.07. The molecule has 1 amide bonds. The molecule has 3 aromatic heterocycles. The fraction of sp³-hybridized carbons (Fsp3) is 0.158. The van der Waals surface area contributed by atoms with Crippen LogP contribution in [0.2, 0.25) is 0 Å². The highest BCUT2D eigenvalue weighted by Crippen LogP contribution is 2.30. The number of anilines is 2. The number of para-hydroxylation sites is 1. The number of hydrogen-bond acceptors (Lipinski definition) is 6. The molecule has 4 aromatic rings. The van der Waals surface area contributed by atoms with Crippen LogP contribution in [0, 0.1) is 6.92 Å². The number of hydrogen-bond donors (Lipinski definition) is 2. The van der Waals surface area contributed by atoms with E-state index in [-0.39, 0.29) is 12.3 Å². The molecule has 0 aliphatic heterocycles. The summed E-state index contributed by atoms with van der Waals surface area (Å²) in [6.45, 7) is 2.30. The van der Waals surface area contributed by atoms with Gasteiger partial charge in [0.2, 0.25) is 5.91 Å². The summed E-state index contributed by atoms with van der Waals surface area (Å²) in [5.74, 6) is 1.01. The first-order valence-electron chi connectivity index (χ1n) is 8.30. The van der Waals surface area contributed by atoms with Crippen molar-refractivity contribution in [2.45, 2.75) is 13.3 Å². The van der Waals surface area contributed by atoms with E-state index in [4.69, 9.17) is 4.42 Å². The minimum absolute atomic E-state index is 0.120. The van der Waals surface area contributed by atoms with E-state index in [9.17, 15) is 4.79 Å². The maximum Gasteiger partial charge on any atom is 0.227 e. The van der Waals surface area contributed by atoms with Gasteiger partial charge in [0.05, 0.1) is 0 Å². The Morgan fingerprint density at radius 2 is 2.00 bits per heavy atom. The van der Waals surface area contributed by atoms with Gasteiger partial charge in [-0.15, -0.1) is 0 Å². The molecule has 0 spiro atoms. The second-order valence-corrected chi connectivity index (χ2v) is 5.89. The lowest BCUT2D eigenvalue weighted by atomic mass is 10.2. The predicted molar refractivity (Wildman–Crippen MR) is 100 cm³/mol. The number of aromatic nitrogens is 3. The van der Waals surface area contributed by atoms with E-state index >= 15 is 0 Å². The summed E-state index contributed by atoms with van der Waals surface area (Å²) in [6.07, 6.45) is 1.77. The third kappa shape index (κ3) is 3.19. The molecule has 7 heteroatoms. The van der Waals surface area contributed by atoms with Crippen molar-refractivity contribution in [2.75, 3.05) is 17.2 Å². The number of carbonyl (C=O) groups excluding carboxylic acids is 1. The van der Waals surface area contributed by atoms with E-state index in [1.54, 1.807) is 6.07 Å². The van der Waals surface area contributed by atoms with Crippen LogP contribution in [0.1, 0.15) is 12.1 Å². The first-order valence-corrected chi connectivity index (χ1v) is 8.30. The molecule has 0 atom stereocenters. The minimum atomic E-state index is -0.120. The molecule has 26 heavy (non-hydrogen) atoms. The molecule has 0 aliphatic carbocycles. The third-order valence-corrected chi connectivity index (χ3v) is 3.96. The van der Waals surface area contributed by atoms with E-state index in [1.807, 2.05) is 43.3 Å². The van der Waals surface area contributed by atoms with E-state index in [0.29, 0.717) is 23.8 Å². The molecule has 0 radical (unpaired) electrons. The summed E-state index contributed by atoms with van der Waals surface area (Å²) in [6, 6.07) is 13.2. The highest BCUT2D eigenvalue weighted by Gasteiger charge is 2.13. The molecule has 0 saturated heterocycles. The number of pyridine rings is 1. The van der Waals surface area contributed by atoms with Crippen LogP contribution in [0.3, 0.4) is 0 Å². The Labute approximate surface area is 149 Å². The monoisotopic (exact) mass is 347 g/mol. The largest absolute Gasteiger partial charge is 0.450 e. The third-order valence-electron chi connectivity index (χ3n) is 3.96. The SMILES string of the molecule is Cc1cccc(NC(=O)CCNc2ncnc3c2oc2ccccc23)n1. The van der Waals surface area contributed by atoms with Gasteiger partial charge in [-0.05, 0) is 31.2 Å². The van der Waals surface area contributed by atoms with Gasteiger partial charge in [0, 0.05) is 24.0 Å². The van der Waals surface area contributed by atoms with E-state index in [1.165, 1.54) is 6.33 Å². The number of fused-ring (bicyclic) bond motifs is 3. The van der Waals surface area contributed by atoms with Gasteiger partial charge in [-0.25, -0.2) is 15.0 Å². The Morgan fingerprint density at radius 3 is 2.88 bits per heavy atom. The molecule has 0 saturated carbocycles. The number of amides is 1. The maximum atomic E-state index is 12.1. The van der Waals surface area contributed by atoms with Crippen LogP contribution in [-0.4, -0.2) is 27.4 Å². The van der Waals surface area contributed by atoms with Gasteiger partial charge >= 0.3 is 0 Å². The van der Waals surface area contributed by atoms with E-state index in [0.717, 1.165) is 22.2 Å². The number of carbonyl (C=O) groups is 1. The number of nitrogens with zero attached hydrogens (tertiary/aromatic N) is 3. The zero-order valence-corrected chi connectivity index (χ0v) is 14.2. The maximum absolute atomic E-state index is 12.1. The standard InChI is InChI=1S/C19H17N5O2/c1-12-5-4-8-15(23-12)24-16(25)9-10-20-19-18-17(21-11-22-19)13-6-2-3-7-14(13)26-18/h2-8,11H,9-10H2,1H3,(H,20,21,22)(H,23,24,25). The van der Waals surface area contributed by atoms with Crippen molar-refractivity contribution < 1.29 is 9.21 Å². The number of rotatable bonds is 5. The molecule has 0 bridgehead atoms. The van der Waals surface area contributed by atoms with Crippen LogP contribution in [0.15, 0.2) is 53.2 Å². The van der Waals surface area contributed by atoms with Gasteiger partial charge in [-0.1, -0.05) is 18.2 Å². The Kier molecular flexibility index (Phi) is 4.18. The summed E-state index contributed by atoms with van der Waals surface area (Å²) < 4.78 is 5.85. The van der Waals surface area contributed by atoms with Crippen LogP contribution in [0.25, 0.3) is 22.1 Å². The van der Waals surface area contributed by atoms with Crippen LogP contribution in [-0.2, 0) is 4.79 Å². The molecule has 1 aromatic carbocycles. The topological polar surface area (TPSA) is 92.9 Å². The number of nitrogens with one attached hydrogen (secondary N) is 2. The van der Waals surface area contributed by atoms with E-state index < -0.39 is 0 Å². The zero-order valence-electron chi connectivity index (χ0n) is 14.2. The smallest absolute Gasteiger partial charge is 0.227 e. The number of aryl methyl sites for hydroxylation is 1. The lowest BCUT2D eigenvalue weighted by molar-refractivity contribution is -0.116. The quantitative estimate of drug-likeness (QED) is 0.574. The molecule has 0 fully saturated rings. The van der Waals surface area contributed by atoms with E-state index in [2.05, 4.69) is 25.6 Å². The van der Waals surface area contributed by atoms with Gasteiger partial charge in [-0.2, -0.15) is 0 Å². The van der Waals surface area contributed by atoms with Gasteiger partial charge in [0.1, 0.15) is 23.2 Å². The van der Waals surface area contributed by atoms with Crippen LogP contribution in [0.5, 0.6) is 0 Å². The predicted octanol–water partition coefficient (Wildman–Crippen LogP) is 3.52. The first kappa shape index (κ1) is 16.0. The Balaban J connectivity index is 1.44. The highest BCUT2D eigenvalue weighted by molar-refractivity contribution is 6.05. The minimum Gasteiger partial charge on any atom is -0.450 e. The second kappa shape index (κ2) is 6.79. The van der Waals surface area contributed by atoms with Crippen molar-refractivity contribution in [3.8, 4) is 0 Å². The summed E-state index contributed by atoms with van der Waals surface area (Å²) in [5, 5.41) is 6.87. The van der Waals surface area contributed by atoms with Gasteiger partial charge in [0.25, 0.3) is 0 Å². The van der Waals surface area contributed by atoms with Crippen LogP contribution in [0.4, 0.5) is 11.6 Å². The zero-order chi connectivity index (χ0) is 17.9.